The topological polar surface area (TPSA) is 21.7 Å². The van der Waals surface area contributed by atoms with Crippen LogP contribution in [0.2, 0.25) is 0 Å². The summed E-state index contributed by atoms with van der Waals surface area (Å²) < 4.78 is 11.2. The van der Waals surface area contributed by atoms with Crippen LogP contribution in [0.25, 0.3) is 0 Å². The minimum Gasteiger partial charge on any atom is -0.496 e. The van der Waals surface area contributed by atoms with E-state index in [-0.39, 0.29) is 0 Å². The SMILES string of the molecule is COc1cc(C)c(CN2C[C@H](C)O[C@@H](C)C2)cc1C. The molecule has 0 aromatic heterocycles. The van der Waals surface area contributed by atoms with Crippen molar-refractivity contribution >= 4 is 0 Å². The summed E-state index contributed by atoms with van der Waals surface area (Å²) in [4.78, 5) is 2.48. The van der Waals surface area contributed by atoms with Crippen molar-refractivity contribution in [1.29, 1.82) is 0 Å². The molecule has 0 bridgehead atoms. The molecule has 2 atom stereocenters. The number of hydrogen-bond acceptors (Lipinski definition) is 3. The summed E-state index contributed by atoms with van der Waals surface area (Å²) in [6.45, 7) is 11.6. The van der Waals surface area contributed by atoms with E-state index in [9.17, 15) is 0 Å². The molecule has 0 radical (unpaired) electrons. The Labute approximate surface area is 116 Å². The molecular weight excluding hydrogens is 238 g/mol. The van der Waals surface area contributed by atoms with Crippen LogP contribution >= 0.6 is 0 Å². The second kappa shape index (κ2) is 5.93. The number of morpholine rings is 1. The number of aryl methyl sites for hydroxylation is 2. The Morgan fingerprint density at radius 3 is 2.37 bits per heavy atom. The van der Waals surface area contributed by atoms with E-state index in [0.29, 0.717) is 12.2 Å². The Hall–Kier alpha value is -1.06. The molecule has 0 aliphatic carbocycles. The van der Waals surface area contributed by atoms with Crippen molar-refractivity contribution in [3.63, 3.8) is 0 Å². The Balaban J connectivity index is 2.12. The van der Waals surface area contributed by atoms with Crippen molar-refractivity contribution in [2.45, 2.75) is 46.4 Å². The third-order valence-electron chi connectivity index (χ3n) is 3.74. The molecule has 0 amide bonds. The van der Waals surface area contributed by atoms with Gasteiger partial charge in [0.2, 0.25) is 0 Å². The molecule has 1 heterocycles. The first kappa shape index (κ1) is 14.4. The first-order chi connectivity index (χ1) is 8.99. The van der Waals surface area contributed by atoms with E-state index in [4.69, 9.17) is 9.47 Å². The average Bonchev–Trinajstić information content (AvgIpc) is 2.32. The molecule has 3 heteroatoms. The second-order valence-corrected chi connectivity index (χ2v) is 5.70. The monoisotopic (exact) mass is 263 g/mol. The zero-order valence-corrected chi connectivity index (χ0v) is 12.7. The summed E-state index contributed by atoms with van der Waals surface area (Å²) in [5.74, 6) is 0.977. The third-order valence-corrected chi connectivity index (χ3v) is 3.74. The lowest BCUT2D eigenvalue weighted by molar-refractivity contribution is -0.0705. The molecule has 106 valence electrons. The van der Waals surface area contributed by atoms with Crippen molar-refractivity contribution in [2.24, 2.45) is 0 Å². The van der Waals surface area contributed by atoms with Crippen LogP contribution in [0, 0.1) is 13.8 Å². The highest BCUT2D eigenvalue weighted by molar-refractivity contribution is 5.41. The van der Waals surface area contributed by atoms with Gasteiger partial charge < -0.3 is 9.47 Å². The summed E-state index contributed by atoms with van der Waals surface area (Å²) in [7, 11) is 1.73. The number of methoxy groups -OCH3 is 1. The Bertz CT molecular complexity index is 435. The number of ether oxygens (including phenoxy) is 2. The fourth-order valence-corrected chi connectivity index (χ4v) is 2.89. The standard InChI is InChI=1S/C16H25NO2/c1-11-7-16(18-5)12(2)6-15(11)10-17-8-13(3)19-14(4)9-17/h6-7,13-14H,8-10H2,1-5H3/t13-,14-/m0/s1. The van der Waals surface area contributed by atoms with Crippen molar-refractivity contribution in [3.8, 4) is 5.75 Å². The number of nitrogens with zero attached hydrogens (tertiary/aromatic N) is 1. The smallest absolute Gasteiger partial charge is 0.122 e. The highest BCUT2D eigenvalue weighted by atomic mass is 16.5. The summed E-state index contributed by atoms with van der Waals surface area (Å²) in [6, 6.07) is 4.39. The van der Waals surface area contributed by atoms with Gasteiger partial charge in [-0.05, 0) is 50.5 Å². The minimum atomic E-state index is 0.323. The van der Waals surface area contributed by atoms with Gasteiger partial charge in [-0.3, -0.25) is 4.90 Å². The molecule has 0 saturated carbocycles. The molecule has 1 saturated heterocycles. The highest BCUT2D eigenvalue weighted by Gasteiger charge is 2.22. The molecule has 1 aliphatic heterocycles. The molecule has 1 fully saturated rings. The summed E-state index contributed by atoms with van der Waals surface area (Å²) in [5, 5.41) is 0. The maximum atomic E-state index is 5.78. The van der Waals surface area contributed by atoms with Gasteiger partial charge in [0.1, 0.15) is 5.75 Å². The van der Waals surface area contributed by atoms with Gasteiger partial charge in [-0.2, -0.15) is 0 Å². The Morgan fingerprint density at radius 2 is 1.79 bits per heavy atom. The lowest BCUT2D eigenvalue weighted by atomic mass is 10.0. The van der Waals surface area contributed by atoms with E-state index in [1.54, 1.807) is 7.11 Å². The van der Waals surface area contributed by atoms with Gasteiger partial charge in [0.05, 0.1) is 19.3 Å². The van der Waals surface area contributed by atoms with Crippen LogP contribution < -0.4 is 4.74 Å². The normalized spacial score (nSPS) is 24.5. The largest absolute Gasteiger partial charge is 0.496 e. The molecule has 1 aromatic carbocycles. The lowest BCUT2D eigenvalue weighted by Gasteiger charge is -2.35. The zero-order valence-electron chi connectivity index (χ0n) is 12.7. The molecule has 0 unspecified atom stereocenters. The van der Waals surface area contributed by atoms with Gasteiger partial charge in [-0.1, -0.05) is 6.07 Å². The van der Waals surface area contributed by atoms with E-state index in [0.717, 1.165) is 25.4 Å². The van der Waals surface area contributed by atoms with E-state index in [1.165, 1.54) is 16.7 Å². The fraction of sp³-hybridized carbons (Fsp3) is 0.625. The Morgan fingerprint density at radius 1 is 1.16 bits per heavy atom. The van der Waals surface area contributed by atoms with Crippen molar-refractivity contribution in [1.82, 2.24) is 4.90 Å². The molecule has 2 rings (SSSR count). The van der Waals surface area contributed by atoms with Crippen LogP contribution in [0.5, 0.6) is 5.75 Å². The predicted molar refractivity (Wildman–Crippen MR) is 77.8 cm³/mol. The number of hydrogen-bond donors (Lipinski definition) is 0. The van der Waals surface area contributed by atoms with Crippen molar-refractivity contribution in [3.05, 3.63) is 28.8 Å². The van der Waals surface area contributed by atoms with Gasteiger partial charge in [0.25, 0.3) is 0 Å². The molecular formula is C16H25NO2. The van der Waals surface area contributed by atoms with Crippen molar-refractivity contribution < 1.29 is 9.47 Å². The van der Waals surface area contributed by atoms with Gasteiger partial charge in [0.15, 0.2) is 0 Å². The molecule has 19 heavy (non-hydrogen) atoms. The maximum Gasteiger partial charge on any atom is 0.122 e. The number of benzene rings is 1. The third kappa shape index (κ3) is 3.48. The Kier molecular flexibility index (Phi) is 4.48. The van der Waals surface area contributed by atoms with Crippen LogP contribution in [0.1, 0.15) is 30.5 Å². The van der Waals surface area contributed by atoms with Crippen LogP contribution in [0.3, 0.4) is 0 Å². The van der Waals surface area contributed by atoms with Crippen LogP contribution in [0.15, 0.2) is 12.1 Å². The van der Waals surface area contributed by atoms with Crippen LogP contribution in [-0.2, 0) is 11.3 Å². The molecule has 0 spiro atoms. The molecule has 0 N–H and O–H groups in total. The predicted octanol–water partition coefficient (Wildman–Crippen LogP) is 2.92. The molecule has 3 nitrogen and oxygen atoms in total. The van der Waals surface area contributed by atoms with E-state index < -0.39 is 0 Å². The summed E-state index contributed by atoms with van der Waals surface area (Å²) in [6.07, 6.45) is 0.645. The van der Waals surface area contributed by atoms with Gasteiger partial charge in [-0.15, -0.1) is 0 Å². The number of rotatable bonds is 3. The lowest BCUT2D eigenvalue weighted by Crippen LogP contribution is -2.44. The second-order valence-electron chi connectivity index (χ2n) is 5.70. The minimum absolute atomic E-state index is 0.323. The quantitative estimate of drug-likeness (QED) is 0.837. The van der Waals surface area contributed by atoms with E-state index in [2.05, 4.69) is 44.7 Å². The first-order valence-electron chi connectivity index (χ1n) is 7.01. The van der Waals surface area contributed by atoms with E-state index in [1.807, 2.05) is 0 Å². The van der Waals surface area contributed by atoms with Crippen LogP contribution in [-0.4, -0.2) is 37.3 Å². The first-order valence-corrected chi connectivity index (χ1v) is 7.01. The highest BCUT2D eigenvalue weighted by Crippen LogP contribution is 2.24. The summed E-state index contributed by atoms with van der Waals surface area (Å²) in [5.41, 5.74) is 3.89. The van der Waals surface area contributed by atoms with E-state index >= 15 is 0 Å². The van der Waals surface area contributed by atoms with Gasteiger partial charge >= 0.3 is 0 Å². The molecule has 1 aromatic rings. The van der Waals surface area contributed by atoms with Crippen molar-refractivity contribution in [2.75, 3.05) is 20.2 Å². The maximum absolute atomic E-state index is 5.78. The van der Waals surface area contributed by atoms with Gasteiger partial charge in [-0.25, -0.2) is 0 Å². The summed E-state index contributed by atoms with van der Waals surface area (Å²) >= 11 is 0. The zero-order chi connectivity index (χ0) is 14.0. The fourth-order valence-electron chi connectivity index (χ4n) is 2.89. The average molecular weight is 263 g/mol. The van der Waals surface area contributed by atoms with Crippen LogP contribution in [0.4, 0.5) is 0 Å². The molecule has 1 aliphatic rings. The van der Waals surface area contributed by atoms with Gasteiger partial charge in [0, 0.05) is 19.6 Å².